The van der Waals surface area contributed by atoms with Crippen LogP contribution in [0.15, 0.2) is 48.5 Å². The standard InChI is InChI=1S/C23H21ClN2O3/c1-14-11-20(15(2)26(14)19-8-6-18(24)7-9-19)23(27)16(3)29-21-10-5-17(13-25)12-22(21)28-4/h5-12,16H,1-4H3/t16-/m1/s1. The molecule has 0 saturated carbocycles. The molecule has 3 rings (SSSR count). The van der Waals surface area contributed by atoms with Gasteiger partial charge in [0, 0.05) is 33.7 Å². The summed E-state index contributed by atoms with van der Waals surface area (Å²) >= 11 is 5.99. The second-order valence-corrected chi connectivity index (χ2v) is 7.13. The zero-order valence-electron chi connectivity index (χ0n) is 16.7. The zero-order chi connectivity index (χ0) is 21.1. The molecule has 0 aliphatic carbocycles. The van der Waals surface area contributed by atoms with E-state index in [-0.39, 0.29) is 5.78 Å². The van der Waals surface area contributed by atoms with E-state index in [2.05, 4.69) is 6.07 Å². The highest BCUT2D eigenvalue weighted by Gasteiger charge is 2.24. The molecule has 3 aromatic rings. The van der Waals surface area contributed by atoms with Crippen LogP contribution in [0.4, 0.5) is 0 Å². The Morgan fingerprint density at radius 1 is 1.10 bits per heavy atom. The number of aromatic nitrogens is 1. The monoisotopic (exact) mass is 408 g/mol. The Morgan fingerprint density at radius 3 is 2.41 bits per heavy atom. The zero-order valence-corrected chi connectivity index (χ0v) is 17.4. The quantitative estimate of drug-likeness (QED) is 0.520. The predicted molar refractivity (Wildman–Crippen MR) is 112 cm³/mol. The summed E-state index contributed by atoms with van der Waals surface area (Å²) in [5.41, 5.74) is 3.76. The minimum absolute atomic E-state index is 0.135. The Bertz CT molecular complexity index is 1090. The highest BCUT2D eigenvalue weighted by Crippen LogP contribution is 2.30. The molecule has 0 aliphatic heterocycles. The lowest BCUT2D eigenvalue weighted by Gasteiger charge is -2.16. The molecule has 0 amide bonds. The van der Waals surface area contributed by atoms with Gasteiger partial charge in [0.05, 0.1) is 18.7 Å². The van der Waals surface area contributed by atoms with Gasteiger partial charge in [0.1, 0.15) is 0 Å². The maximum absolute atomic E-state index is 13.1. The van der Waals surface area contributed by atoms with E-state index in [1.54, 1.807) is 25.1 Å². The Balaban J connectivity index is 1.88. The van der Waals surface area contributed by atoms with Crippen molar-refractivity contribution in [3.8, 4) is 23.3 Å². The molecule has 1 aromatic heterocycles. The second-order valence-electron chi connectivity index (χ2n) is 6.70. The van der Waals surface area contributed by atoms with Gasteiger partial charge < -0.3 is 14.0 Å². The van der Waals surface area contributed by atoms with E-state index in [4.69, 9.17) is 26.3 Å². The lowest BCUT2D eigenvalue weighted by atomic mass is 10.1. The van der Waals surface area contributed by atoms with Crippen molar-refractivity contribution in [3.63, 3.8) is 0 Å². The van der Waals surface area contributed by atoms with E-state index in [1.165, 1.54) is 7.11 Å². The third-order valence-corrected chi connectivity index (χ3v) is 5.00. The number of carbonyl (C=O) groups excluding carboxylic acids is 1. The molecule has 6 heteroatoms. The third kappa shape index (κ3) is 4.13. The summed E-state index contributed by atoms with van der Waals surface area (Å²) in [6.45, 7) is 5.56. The molecule has 1 heterocycles. The number of nitrogens with zero attached hydrogens (tertiary/aromatic N) is 2. The van der Waals surface area contributed by atoms with Gasteiger partial charge in [-0.15, -0.1) is 0 Å². The van der Waals surface area contributed by atoms with Crippen molar-refractivity contribution >= 4 is 17.4 Å². The smallest absolute Gasteiger partial charge is 0.204 e. The van der Waals surface area contributed by atoms with Crippen LogP contribution in [0.2, 0.25) is 5.02 Å². The van der Waals surface area contributed by atoms with Crippen LogP contribution >= 0.6 is 11.6 Å². The number of hydrogen-bond acceptors (Lipinski definition) is 4. The minimum Gasteiger partial charge on any atom is -0.493 e. The molecule has 0 spiro atoms. The fourth-order valence-corrected chi connectivity index (χ4v) is 3.42. The van der Waals surface area contributed by atoms with Crippen LogP contribution in [-0.2, 0) is 0 Å². The fourth-order valence-electron chi connectivity index (χ4n) is 3.30. The number of methoxy groups -OCH3 is 1. The number of aryl methyl sites for hydroxylation is 1. The number of Topliss-reactive ketones (excluding diaryl/α,β-unsaturated/α-hetero) is 1. The normalized spacial score (nSPS) is 11.6. The number of rotatable bonds is 6. The van der Waals surface area contributed by atoms with Gasteiger partial charge in [0.2, 0.25) is 5.78 Å². The number of ketones is 1. The third-order valence-electron chi connectivity index (χ3n) is 4.75. The first-order chi connectivity index (χ1) is 13.8. The van der Waals surface area contributed by atoms with Crippen molar-refractivity contribution in [1.82, 2.24) is 4.57 Å². The summed E-state index contributed by atoms with van der Waals surface area (Å²) in [5, 5.41) is 9.68. The van der Waals surface area contributed by atoms with E-state index < -0.39 is 6.10 Å². The maximum atomic E-state index is 13.1. The first-order valence-corrected chi connectivity index (χ1v) is 9.47. The SMILES string of the molecule is COc1cc(C#N)ccc1O[C@H](C)C(=O)c1cc(C)n(-c2ccc(Cl)cc2)c1C. The lowest BCUT2D eigenvalue weighted by molar-refractivity contribution is 0.0813. The summed E-state index contributed by atoms with van der Waals surface area (Å²) in [6, 6.07) is 16.2. The van der Waals surface area contributed by atoms with Crippen LogP contribution in [0.1, 0.15) is 34.2 Å². The van der Waals surface area contributed by atoms with Gasteiger partial charge in [-0.2, -0.15) is 5.26 Å². The minimum atomic E-state index is -0.726. The molecule has 1 atom stereocenters. The van der Waals surface area contributed by atoms with Crippen LogP contribution in [0.5, 0.6) is 11.5 Å². The number of halogens is 1. The Labute approximate surface area is 175 Å². The van der Waals surface area contributed by atoms with Crippen LogP contribution in [0.25, 0.3) is 5.69 Å². The van der Waals surface area contributed by atoms with Crippen molar-refractivity contribution in [1.29, 1.82) is 5.26 Å². The molecule has 0 unspecified atom stereocenters. The van der Waals surface area contributed by atoms with E-state index in [1.807, 2.05) is 48.7 Å². The molecule has 0 radical (unpaired) electrons. The fraction of sp³-hybridized carbons (Fsp3) is 0.217. The molecule has 29 heavy (non-hydrogen) atoms. The number of nitriles is 1. The van der Waals surface area contributed by atoms with Crippen molar-refractivity contribution in [2.45, 2.75) is 26.9 Å². The summed E-state index contributed by atoms with van der Waals surface area (Å²) < 4.78 is 13.2. The lowest BCUT2D eigenvalue weighted by Crippen LogP contribution is -2.24. The number of ether oxygens (including phenoxy) is 2. The van der Waals surface area contributed by atoms with Gasteiger partial charge in [-0.25, -0.2) is 0 Å². The van der Waals surface area contributed by atoms with Gasteiger partial charge >= 0.3 is 0 Å². The van der Waals surface area contributed by atoms with Gasteiger partial charge in [-0.1, -0.05) is 11.6 Å². The molecule has 5 nitrogen and oxygen atoms in total. The number of hydrogen-bond donors (Lipinski definition) is 0. The van der Waals surface area contributed by atoms with Crippen LogP contribution < -0.4 is 9.47 Å². The van der Waals surface area contributed by atoms with E-state index in [0.717, 1.165) is 17.1 Å². The predicted octanol–water partition coefficient (Wildman–Crippen LogP) is 5.28. The van der Waals surface area contributed by atoms with Crippen LogP contribution in [0, 0.1) is 25.2 Å². The van der Waals surface area contributed by atoms with Crippen LogP contribution in [-0.4, -0.2) is 23.6 Å². The van der Waals surface area contributed by atoms with Gasteiger partial charge in [0.15, 0.2) is 17.6 Å². The van der Waals surface area contributed by atoms with Crippen molar-refractivity contribution in [3.05, 3.63) is 76.1 Å². The van der Waals surface area contributed by atoms with Gasteiger partial charge in [-0.05, 0) is 63.2 Å². The van der Waals surface area contributed by atoms with E-state index in [9.17, 15) is 4.79 Å². The molecule has 148 valence electrons. The van der Waals surface area contributed by atoms with Crippen molar-refractivity contribution < 1.29 is 14.3 Å². The average molecular weight is 409 g/mol. The topological polar surface area (TPSA) is 64.2 Å². The Kier molecular flexibility index (Phi) is 5.95. The highest BCUT2D eigenvalue weighted by molar-refractivity contribution is 6.30. The molecule has 0 bridgehead atoms. The summed E-state index contributed by atoms with van der Waals surface area (Å²) in [6.07, 6.45) is -0.726. The van der Waals surface area contributed by atoms with Gasteiger partial charge in [0.25, 0.3) is 0 Å². The second kappa shape index (κ2) is 8.42. The average Bonchev–Trinajstić information content (AvgIpc) is 3.02. The summed E-state index contributed by atoms with van der Waals surface area (Å²) in [4.78, 5) is 13.1. The van der Waals surface area contributed by atoms with Crippen molar-refractivity contribution in [2.24, 2.45) is 0 Å². The molecule has 0 saturated heterocycles. The van der Waals surface area contributed by atoms with Crippen LogP contribution in [0.3, 0.4) is 0 Å². The number of carbonyl (C=O) groups is 1. The summed E-state index contributed by atoms with van der Waals surface area (Å²) in [7, 11) is 1.50. The maximum Gasteiger partial charge on any atom is 0.204 e. The Morgan fingerprint density at radius 2 is 1.79 bits per heavy atom. The first-order valence-electron chi connectivity index (χ1n) is 9.09. The molecule has 0 aliphatic rings. The summed E-state index contributed by atoms with van der Waals surface area (Å²) in [5.74, 6) is 0.693. The van der Waals surface area contributed by atoms with E-state index in [0.29, 0.717) is 27.6 Å². The molecular weight excluding hydrogens is 388 g/mol. The largest absolute Gasteiger partial charge is 0.493 e. The molecular formula is C23H21ClN2O3. The first kappa shape index (κ1) is 20.5. The van der Waals surface area contributed by atoms with Gasteiger partial charge in [-0.3, -0.25) is 4.79 Å². The highest BCUT2D eigenvalue weighted by atomic mass is 35.5. The molecule has 2 aromatic carbocycles. The molecule has 0 fully saturated rings. The van der Waals surface area contributed by atoms with E-state index >= 15 is 0 Å². The molecule has 0 N–H and O–H groups in total. The Hall–Kier alpha value is -3.23. The van der Waals surface area contributed by atoms with Crippen molar-refractivity contribution in [2.75, 3.05) is 7.11 Å². The number of benzene rings is 2.